The van der Waals surface area contributed by atoms with Gasteiger partial charge in [-0.3, -0.25) is 4.79 Å². The number of hydrogen-bond donors (Lipinski definition) is 0. The van der Waals surface area contributed by atoms with Crippen LogP contribution in [0.5, 0.6) is 5.75 Å². The lowest BCUT2D eigenvalue weighted by Crippen LogP contribution is -2.35. The number of hydrogen-bond acceptors (Lipinski definition) is 5. The van der Waals surface area contributed by atoms with Crippen LogP contribution in [0.1, 0.15) is 18.4 Å². The van der Waals surface area contributed by atoms with Crippen molar-refractivity contribution in [1.29, 1.82) is 0 Å². The number of carbonyl (C=O) groups is 1. The van der Waals surface area contributed by atoms with E-state index in [0.717, 1.165) is 42.7 Å². The van der Waals surface area contributed by atoms with Gasteiger partial charge < -0.3 is 13.8 Å². The van der Waals surface area contributed by atoms with Gasteiger partial charge in [0.2, 0.25) is 5.91 Å². The molecule has 0 unspecified atom stereocenters. The van der Waals surface area contributed by atoms with Crippen molar-refractivity contribution in [3.63, 3.8) is 0 Å². The lowest BCUT2D eigenvalue weighted by molar-refractivity contribution is -0.136. The summed E-state index contributed by atoms with van der Waals surface area (Å²) in [6.07, 6.45) is 1.90. The Hall–Kier alpha value is -2.45. The van der Waals surface area contributed by atoms with Gasteiger partial charge in [-0.15, -0.1) is 0 Å². The lowest BCUT2D eigenvalue weighted by atomic mass is 10.2. The van der Waals surface area contributed by atoms with Crippen LogP contribution in [-0.2, 0) is 26.2 Å². The Labute approximate surface area is 157 Å². The van der Waals surface area contributed by atoms with Gasteiger partial charge in [-0.1, -0.05) is 12.1 Å². The largest absolute Gasteiger partial charge is 0.379 e. The molecule has 0 radical (unpaired) electrons. The number of carbonyl (C=O) groups excluding carboxylic acids is 1. The highest BCUT2D eigenvalue weighted by Gasteiger charge is 2.32. The van der Waals surface area contributed by atoms with Crippen molar-refractivity contribution in [2.24, 2.45) is 0 Å². The van der Waals surface area contributed by atoms with E-state index in [9.17, 15) is 17.6 Å². The predicted molar refractivity (Wildman–Crippen MR) is 96.1 cm³/mol. The van der Waals surface area contributed by atoms with Crippen LogP contribution in [0.4, 0.5) is 4.39 Å². The van der Waals surface area contributed by atoms with Gasteiger partial charge >= 0.3 is 10.1 Å². The second kappa shape index (κ2) is 8.06. The molecule has 144 valence electrons. The summed E-state index contributed by atoms with van der Waals surface area (Å²) in [5, 5.41) is 0. The van der Waals surface area contributed by atoms with Gasteiger partial charge in [-0.05, 0) is 54.8 Å². The summed E-state index contributed by atoms with van der Waals surface area (Å²) in [7, 11) is -2.60. The Kier molecular flexibility index (Phi) is 5.76. The summed E-state index contributed by atoms with van der Waals surface area (Å²) in [5.41, 5.74) is 0.748. The molecule has 0 heterocycles. The summed E-state index contributed by atoms with van der Waals surface area (Å²) in [5.74, 6) is -0.506. The minimum Gasteiger partial charge on any atom is -0.379 e. The van der Waals surface area contributed by atoms with Crippen LogP contribution in [0, 0.1) is 5.82 Å². The molecule has 0 aliphatic heterocycles. The first kappa shape index (κ1) is 19.3. The third-order valence-electron chi connectivity index (χ3n) is 4.14. The summed E-state index contributed by atoms with van der Waals surface area (Å²) in [6.45, 7) is 0.353. The zero-order valence-corrected chi connectivity index (χ0v) is 15.6. The van der Waals surface area contributed by atoms with Crippen LogP contribution in [-0.4, -0.2) is 39.0 Å². The molecule has 1 aliphatic carbocycles. The topological polar surface area (TPSA) is 72.9 Å². The van der Waals surface area contributed by atoms with Crippen LogP contribution in [0.2, 0.25) is 0 Å². The molecule has 27 heavy (non-hydrogen) atoms. The van der Waals surface area contributed by atoms with E-state index in [-0.39, 0.29) is 29.2 Å². The van der Waals surface area contributed by atoms with E-state index >= 15 is 0 Å². The zero-order chi connectivity index (χ0) is 19.4. The van der Waals surface area contributed by atoms with Crippen LogP contribution in [0.15, 0.2) is 53.4 Å². The molecule has 0 aromatic heterocycles. The highest BCUT2D eigenvalue weighted by molar-refractivity contribution is 7.87. The fourth-order valence-corrected chi connectivity index (χ4v) is 3.60. The number of benzene rings is 2. The molecule has 1 aliphatic rings. The molecule has 0 saturated heterocycles. The Bertz CT molecular complexity index is 910. The SMILES string of the molecule is COCC(=O)N(Cc1cccc(OS(=O)(=O)c2ccc(F)cc2)c1)C1CC1. The van der Waals surface area contributed by atoms with Gasteiger partial charge in [0.1, 0.15) is 23.1 Å². The third kappa shape index (κ3) is 5.05. The third-order valence-corrected chi connectivity index (χ3v) is 5.40. The van der Waals surface area contributed by atoms with E-state index in [1.165, 1.54) is 13.2 Å². The van der Waals surface area contributed by atoms with Crippen molar-refractivity contribution < 1.29 is 26.5 Å². The van der Waals surface area contributed by atoms with Crippen LogP contribution < -0.4 is 4.18 Å². The highest BCUT2D eigenvalue weighted by atomic mass is 32.2. The van der Waals surface area contributed by atoms with E-state index in [2.05, 4.69) is 0 Å². The molecule has 2 aromatic carbocycles. The zero-order valence-electron chi connectivity index (χ0n) is 14.8. The fraction of sp³-hybridized carbons (Fsp3) is 0.316. The smallest absolute Gasteiger partial charge is 0.339 e. The normalized spacial score (nSPS) is 14.0. The summed E-state index contributed by atoms with van der Waals surface area (Å²) in [4.78, 5) is 13.8. The van der Waals surface area contributed by atoms with Gasteiger partial charge in [0.25, 0.3) is 0 Å². The molecular weight excluding hydrogens is 373 g/mol. The first-order valence-corrected chi connectivity index (χ1v) is 9.87. The first-order chi connectivity index (χ1) is 12.9. The highest BCUT2D eigenvalue weighted by Crippen LogP contribution is 2.29. The number of amides is 1. The van der Waals surface area contributed by atoms with Gasteiger partial charge in [-0.25, -0.2) is 4.39 Å². The minimum atomic E-state index is -4.07. The number of rotatable bonds is 8. The van der Waals surface area contributed by atoms with Crippen molar-refractivity contribution in [2.75, 3.05) is 13.7 Å². The van der Waals surface area contributed by atoms with Gasteiger partial charge in [0.05, 0.1) is 0 Å². The molecule has 6 nitrogen and oxygen atoms in total. The Balaban J connectivity index is 1.75. The molecule has 0 bridgehead atoms. The molecule has 2 aromatic rings. The predicted octanol–water partition coefficient (Wildman–Crippen LogP) is 2.73. The average molecular weight is 393 g/mol. The van der Waals surface area contributed by atoms with E-state index in [0.29, 0.717) is 6.54 Å². The molecule has 3 rings (SSSR count). The minimum absolute atomic E-state index is 0.00559. The Morgan fingerprint density at radius 3 is 2.52 bits per heavy atom. The van der Waals surface area contributed by atoms with Crippen molar-refractivity contribution in [3.8, 4) is 5.75 Å². The maximum atomic E-state index is 13.0. The van der Waals surface area contributed by atoms with E-state index in [1.807, 2.05) is 0 Å². The number of ether oxygens (including phenoxy) is 1. The molecule has 1 amide bonds. The fourth-order valence-electron chi connectivity index (χ4n) is 2.68. The van der Waals surface area contributed by atoms with E-state index < -0.39 is 15.9 Å². The standard InChI is InChI=1S/C19H20FNO5S/c1-25-13-19(22)21(16-7-8-16)12-14-3-2-4-17(11-14)26-27(23,24)18-9-5-15(20)6-10-18/h2-6,9-11,16H,7-8,12-13H2,1H3. The van der Waals surface area contributed by atoms with Crippen molar-refractivity contribution in [3.05, 3.63) is 59.9 Å². The summed E-state index contributed by atoms with van der Waals surface area (Å²) >= 11 is 0. The second-order valence-corrected chi connectivity index (χ2v) is 7.87. The Morgan fingerprint density at radius 2 is 1.89 bits per heavy atom. The molecule has 0 spiro atoms. The number of methoxy groups -OCH3 is 1. The van der Waals surface area contributed by atoms with Crippen molar-refractivity contribution >= 4 is 16.0 Å². The van der Waals surface area contributed by atoms with Crippen LogP contribution in [0.25, 0.3) is 0 Å². The average Bonchev–Trinajstić information content (AvgIpc) is 3.45. The molecule has 8 heteroatoms. The molecular formula is C19H20FNO5S. The first-order valence-electron chi connectivity index (χ1n) is 8.46. The molecule has 0 atom stereocenters. The Morgan fingerprint density at radius 1 is 1.19 bits per heavy atom. The van der Waals surface area contributed by atoms with Crippen LogP contribution in [0.3, 0.4) is 0 Å². The molecule has 1 saturated carbocycles. The molecule has 1 fully saturated rings. The maximum absolute atomic E-state index is 13.0. The van der Waals surface area contributed by atoms with Crippen molar-refractivity contribution in [1.82, 2.24) is 4.90 Å². The summed E-state index contributed by atoms with van der Waals surface area (Å²) < 4.78 is 47.7. The quantitative estimate of drug-likeness (QED) is 0.645. The van der Waals surface area contributed by atoms with Gasteiger partial charge in [-0.2, -0.15) is 8.42 Å². The lowest BCUT2D eigenvalue weighted by Gasteiger charge is -2.22. The van der Waals surface area contributed by atoms with Crippen LogP contribution >= 0.6 is 0 Å². The number of halogens is 1. The monoisotopic (exact) mass is 393 g/mol. The van der Waals surface area contributed by atoms with Gasteiger partial charge in [0, 0.05) is 19.7 Å². The summed E-state index contributed by atoms with van der Waals surface area (Å²) in [6, 6.07) is 11.2. The maximum Gasteiger partial charge on any atom is 0.339 e. The second-order valence-electron chi connectivity index (χ2n) is 6.32. The van der Waals surface area contributed by atoms with E-state index in [4.69, 9.17) is 8.92 Å². The van der Waals surface area contributed by atoms with E-state index in [1.54, 1.807) is 23.1 Å². The number of nitrogens with zero attached hydrogens (tertiary/aromatic N) is 1. The molecule has 0 N–H and O–H groups in total. The van der Waals surface area contributed by atoms with Crippen molar-refractivity contribution in [2.45, 2.75) is 30.3 Å². The van der Waals surface area contributed by atoms with Gasteiger partial charge in [0.15, 0.2) is 0 Å².